The standard InChI is InChI=1S/C12H16N2O4/c1-2-18-9-12(15)13-8-7-10-3-5-11(6-4-10)14(16)17/h3-6H,2,7-9H2,1H3,(H,13,15). The second-order valence-electron chi connectivity index (χ2n) is 3.66. The molecule has 0 aromatic heterocycles. The summed E-state index contributed by atoms with van der Waals surface area (Å²) in [7, 11) is 0. The van der Waals surface area contributed by atoms with E-state index in [4.69, 9.17) is 4.74 Å². The third kappa shape index (κ3) is 4.92. The summed E-state index contributed by atoms with van der Waals surface area (Å²) in [5.41, 5.74) is 1.01. The SMILES string of the molecule is CCOCC(=O)NCCc1ccc([N+](=O)[O-])cc1. The monoisotopic (exact) mass is 252 g/mol. The number of nitro benzene ring substituents is 1. The van der Waals surface area contributed by atoms with Gasteiger partial charge in [0.05, 0.1) is 4.92 Å². The third-order valence-electron chi connectivity index (χ3n) is 2.32. The Balaban J connectivity index is 2.31. The van der Waals surface area contributed by atoms with E-state index in [-0.39, 0.29) is 18.2 Å². The molecular weight excluding hydrogens is 236 g/mol. The first-order valence-electron chi connectivity index (χ1n) is 5.71. The highest BCUT2D eigenvalue weighted by Crippen LogP contribution is 2.11. The van der Waals surface area contributed by atoms with Crippen LogP contribution in [0, 0.1) is 10.1 Å². The predicted octanol–water partition coefficient (Wildman–Crippen LogP) is 1.29. The number of rotatable bonds is 7. The molecule has 0 spiro atoms. The second kappa shape index (κ2) is 7.39. The highest BCUT2D eigenvalue weighted by Gasteiger charge is 2.04. The number of carbonyl (C=O) groups is 1. The van der Waals surface area contributed by atoms with Crippen molar-refractivity contribution in [3.63, 3.8) is 0 Å². The first kappa shape index (κ1) is 14.1. The summed E-state index contributed by atoms with van der Waals surface area (Å²) < 4.78 is 4.95. The smallest absolute Gasteiger partial charge is 0.269 e. The van der Waals surface area contributed by atoms with E-state index in [2.05, 4.69) is 5.32 Å². The fraction of sp³-hybridized carbons (Fsp3) is 0.417. The Morgan fingerprint density at radius 3 is 2.61 bits per heavy atom. The molecule has 0 aliphatic rings. The van der Waals surface area contributed by atoms with Crippen molar-refractivity contribution in [2.24, 2.45) is 0 Å². The maximum absolute atomic E-state index is 11.2. The molecule has 1 N–H and O–H groups in total. The number of nitrogens with zero attached hydrogens (tertiary/aromatic N) is 1. The van der Waals surface area contributed by atoms with Crippen LogP contribution in [0.5, 0.6) is 0 Å². The minimum atomic E-state index is -0.437. The van der Waals surface area contributed by atoms with E-state index in [1.165, 1.54) is 12.1 Å². The van der Waals surface area contributed by atoms with Gasteiger partial charge >= 0.3 is 0 Å². The van der Waals surface area contributed by atoms with Crippen molar-refractivity contribution in [1.82, 2.24) is 5.32 Å². The van der Waals surface area contributed by atoms with Gasteiger partial charge in [-0.1, -0.05) is 12.1 Å². The molecule has 0 saturated heterocycles. The van der Waals surface area contributed by atoms with Crippen molar-refractivity contribution in [2.75, 3.05) is 19.8 Å². The molecule has 6 heteroatoms. The molecule has 0 heterocycles. The number of nitrogens with one attached hydrogen (secondary N) is 1. The molecular formula is C12H16N2O4. The maximum atomic E-state index is 11.2. The molecule has 18 heavy (non-hydrogen) atoms. The van der Waals surface area contributed by atoms with Gasteiger partial charge in [0.2, 0.25) is 5.91 Å². The Kier molecular flexibility index (Phi) is 5.79. The van der Waals surface area contributed by atoms with Gasteiger partial charge in [-0.2, -0.15) is 0 Å². The lowest BCUT2D eigenvalue weighted by Gasteiger charge is -2.05. The highest BCUT2D eigenvalue weighted by atomic mass is 16.6. The third-order valence-corrected chi connectivity index (χ3v) is 2.32. The first-order chi connectivity index (χ1) is 8.63. The zero-order valence-electron chi connectivity index (χ0n) is 10.2. The van der Waals surface area contributed by atoms with E-state index in [0.717, 1.165) is 5.56 Å². The molecule has 0 radical (unpaired) electrons. The Morgan fingerprint density at radius 1 is 1.39 bits per heavy atom. The van der Waals surface area contributed by atoms with Gasteiger partial charge < -0.3 is 10.1 Å². The van der Waals surface area contributed by atoms with E-state index in [1.807, 2.05) is 6.92 Å². The lowest BCUT2D eigenvalue weighted by molar-refractivity contribution is -0.384. The Morgan fingerprint density at radius 2 is 2.06 bits per heavy atom. The summed E-state index contributed by atoms with van der Waals surface area (Å²) in [6, 6.07) is 6.29. The molecule has 6 nitrogen and oxygen atoms in total. The number of hydrogen-bond donors (Lipinski definition) is 1. The number of ether oxygens (including phenoxy) is 1. The minimum absolute atomic E-state index is 0.0662. The van der Waals surface area contributed by atoms with Gasteiger partial charge in [0, 0.05) is 25.3 Å². The van der Waals surface area contributed by atoms with Gasteiger partial charge in [-0.3, -0.25) is 14.9 Å². The lowest BCUT2D eigenvalue weighted by atomic mass is 10.1. The van der Waals surface area contributed by atoms with E-state index in [1.54, 1.807) is 12.1 Å². The minimum Gasteiger partial charge on any atom is -0.372 e. The van der Waals surface area contributed by atoms with Crippen molar-refractivity contribution in [1.29, 1.82) is 0 Å². The first-order valence-corrected chi connectivity index (χ1v) is 5.71. The average Bonchev–Trinajstić information content (AvgIpc) is 2.37. The van der Waals surface area contributed by atoms with Gasteiger partial charge in [0.1, 0.15) is 6.61 Å². The Hall–Kier alpha value is -1.95. The molecule has 1 rings (SSSR count). The van der Waals surface area contributed by atoms with Crippen molar-refractivity contribution in [3.8, 4) is 0 Å². The normalized spacial score (nSPS) is 10.1. The van der Waals surface area contributed by atoms with Crippen LogP contribution < -0.4 is 5.32 Å². The maximum Gasteiger partial charge on any atom is 0.269 e. The van der Waals surface area contributed by atoms with Crippen molar-refractivity contribution >= 4 is 11.6 Å². The van der Waals surface area contributed by atoms with Crippen molar-refractivity contribution in [2.45, 2.75) is 13.3 Å². The Labute approximate surface area is 105 Å². The van der Waals surface area contributed by atoms with E-state index in [9.17, 15) is 14.9 Å². The summed E-state index contributed by atoms with van der Waals surface area (Å²) in [5.74, 6) is -0.154. The van der Waals surface area contributed by atoms with E-state index < -0.39 is 4.92 Å². The van der Waals surface area contributed by atoms with Gasteiger partial charge in [-0.25, -0.2) is 0 Å². The predicted molar refractivity (Wildman–Crippen MR) is 66.3 cm³/mol. The van der Waals surface area contributed by atoms with E-state index >= 15 is 0 Å². The topological polar surface area (TPSA) is 81.5 Å². The number of nitro groups is 1. The molecule has 0 aliphatic heterocycles. The number of amides is 1. The van der Waals surface area contributed by atoms with Crippen LogP contribution in [0.1, 0.15) is 12.5 Å². The van der Waals surface area contributed by atoms with Crippen LogP contribution in [-0.4, -0.2) is 30.6 Å². The molecule has 0 aliphatic carbocycles. The molecule has 0 atom stereocenters. The van der Waals surface area contributed by atoms with Crippen LogP contribution >= 0.6 is 0 Å². The molecule has 1 aromatic carbocycles. The average molecular weight is 252 g/mol. The number of non-ortho nitro benzene ring substituents is 1. The highest BCUT2D eigenvalue weighted by molar-refractivity contribution is 5.77. The van der Waals surface area contributed by atoms with Gasteiger partial charge in [-0.05, 0) is 18.9 Å². The number of benzene rings is 1. The molecule has 1 aromatic rings. The molecule has 1 amide bonds. The molecule has 0 fully saturated rings. The van der Waals surface area contributed by atoms with Crippen LogP contribution in [0.15, 0.2) is 24.3 Å². The van der Waals surface area contributed by atoms with Crippen molar-refractivity contribution < 1.29 is 14.5 Å². The fourth-order valence-corrected chi connectivity index (χ4v) is 1.38. The summed E-state index contributed by atoms with van der Waals surface area (Å²) in [6.07, 6.45) is 0.635. The summed E-state index contributed by atoms with van der Waals surface area (Å²) in [4.78, 5) is 21.2. The molecule has 98 valence electrons. The number of carbonyl (C=O) groups excluding carboxylic acids is 1. The van der Waals surface area contributed by atoms with Crippen molar-refractivity contribution in [3.05, 3.63) is 39.9 Å². The van der Waals surface area contributed by atoms with Gasteiger partial charge in [0.25, 0.3) is 5.69 Å². The zero-order chi connectivity index (χ0) is 13.4. The summed E-state index contributed by atoms with van der Waals surface area (Å²) in [6.45, 7) is 2.89. The summed E-state index contributed by atoms with van der Waals surface area (Å²) >= 11 is 0. The lowest BCUT2D eigenvalue weighted by Crippen LogP contribution is -2.29. The summed E-state index contributed by atoms with van der Waals surface area (Å²) in [5, 5.41) is 13.2. The molecule has 0 saturated carbocycles. The van der Waals surface area contributed by atoms with Gasteiger partial charge in [-0.15, -0.1) is 0 Å². The quantitative estimate of drug-likeness (QED) is 0.585. The zero-order valence-corrected chi connectivity index (χ0v) is 10.2. The molecule has 0 bridgehead atoms. The number of hydrogen-bond acceptors (Lipinski definition) is 4. The van der Waals surface area contributed by atoms with Crippen LogP contribution in [0.25, 0.3) is 0 Å². The fourth-order valence-electron chi connectivity index (χ4n) is 1.38. The van der Waals surface area contributed by atoms with Crippen LogP contribution in [-0.2, 0) is 16.0 Å². The second-order valence-corrected chi connectivity index (χ2v) is 3.66. The van der Waals surface area contributed by atoms with Crippen LogP contribution in [0.3, 0.4) is 0 Å². The Bertz CT molecular complexity index is 403. The molecule has 0 unspecified atom stereocenters. The van der Waals surface area contributed by atoms with Crippen LogP contribution in [0.2, 0.25) is 0 Å². The largest absolute Gasteiger partial charge is 0.372 e. The van der Waals surface area contributed by atoms with Gasteiger partial charge in [0.15, 0.2) is 0 Å². The van der Waals surface area contributed by atoms with Crippen LogP contribution in [0.4, 0.5) is 5.69 Å². The van der Waals surface area contributed by atoms with E-state index in [0.29, 0.717) is 19.6 Å².